The van der Waals surface area contributed by atoms with Gasteiger partial charge in [-0.15, -0.1) is 0 Å². The minimum Gasteiger partial charge on any atom is -0.341 e. The Morgan fingerprint density at radius 3 is 2.68 bits per heavy atom. The maximum Gasteiger partial charge on any atom is 0.225 e. The van der Waals surface area contributed by atoms with Crippen molar-refractivity contribution in [2.24, 2.45) is 5.92 Å². The summed E-state index contributed by atoms with van der Waals surface area (Å²) in [6.45, 7) is 6.99. The van der Waals surface area contributed by atoms with Gasteiger partial charge in [0.25, 0.3) is 0 Å². The molecule has 1 aliphatic rings. The zero-order chi connectivity index (χ0) is 13.8. The number of carbonyl (C=O) groups excluding carboxylic acids is 1. The number of hydrogen-bond donors (Lipinski definition) is 0. The molecule has 19 heavy (non-hydrogen) atoms. The van der Waals surface area contributed by atoms with Gasteiger partial charge in [-0.2, -0.15) is 0 Å². The standard InChI is InChI=1S/C16H24N2O/c1-13(2)16(19)17(3)15-9-10-18(12-15)11-14-7-5-4-6-8-14/h4-8,13,15H,9-12H2,1-3H3/t15-/m1/s1. The van der Waals surface area contributed by atoms with Crippen LogP contribution in [0.3, 0.4) is 0 Å². The SMILES string of the molecule is CC(C)C(=O)N(C)[C@@H]1CCN(Cc2ccccc2)C1. The third-order valence-electron chi connectivity index (χ3n) is 3.89. The number of rotatable bonds is 4. The van der Waals surface area contributed by atoms with E-state index in [1.54, 1.807) is 0 Å². The number of benzene rings is 1. The molecule has 0 N–H and O–H groups in total. The third-order valence-corrected chi connectivity index (χ3v) is 3.89. The van der Waals surface area contributed by atoms with Crippen LogP contribution < -0.4 is 0 Å². The lowest BCUT2D eigenvalue weighted by Gasteiger charge is -2.26. The van der Waals surface area contributed by atoms with Gasteiger partial charge in [0, 0.05) is 38.6 Å². The molecule has 1 aliphatic heterocycles. The van der Waals surface area contributed by atoms with Gasteiger partial charge in [-0.3, -0.25) is 9.69 Å². The van der Waals surface area contributed by atoms with E-state index in [0.29, 0.717) is 6.04 Å². The molecule has 1 fully saturated rings. The number of carbonyl (C=O) groups is 1. The molecule has 1 amide bonds. The van der Waals surface area contributed by atoms with Gasteiger partial charge in [-0.05, 0) is 12.0 Å². The Labute approximate surface area is 116 Å². The molecular formula is C16H24N2O. The average molecular weight is 260 g/mol. The van der Waals surface area contributed by atoms with Crippen LogP contribution >= 0.6 is 0 Å². The molecule has 0 bridgehead atoms. The number of nitrogens with zero attached hydrogens (tertiary/aromatic N) is 2. The third kappa shape index (κ3) is 3.57. The van der Waals surface area contributed by atoms with Crippen LogP contribution in [-0.4, -0.2) is 41.9 Å². The minimum absolute atomic E-state index is 0.0909. The van der Waals surface area contributed by atoms with Gasteiger partial charge in [-0.1, -0.05) is 44.2 Å². The van der Waals surface area contributed by atoms with E-state index in [1.807, 2.05) is 31.9 Å². The van der Waals surface area contributed by atoms with E-state index in [1.165, 1.54) is 5.56 Å². The second-order valence-corrected chi connectivity index (χ2v) is 5.77. The minimum atomic E-state index is 0.0909. The Bertz CT molecular complexity index is 416. The largest absolute Gasteiger partial charge is 0.341 e. The molecule has 1 aromatic carbocycles. The molecule has 1 atom stereocenters. The maximum atomic E-state index is 12.0. The van der Waals surface area contributed by atoms with Crippen LogP contribution in [0.2, 0.25) is 0 Å². The van der Waals surface area contributed by atoms with Gasteiger partial charge in [0.05, 0.1) is 0 Å². The molecule has 1 heterocycles. The summed E-state index contributed by atoms with van der Waals surface area (Å²) < 4.78 is 0. The van der Waals surface area contributed by atoms with E-state index in [0.717, 1.165) is 26.1 Å². The van der Waals surface area contributed by atoms with Crippen molar-refractivity contribution < 1.29 is 4.79 Å². The first-order valence-corrected chi connectivity index (χ1v) is 7.11. The summed E-state index contributed by atoms with van der Waals surface area (Å²) >= 11 is 0. The normalized spacial score (nSPS) is 19.9. The van der Waals surface area contributed by atoms with Crippen molar-refractivity contribution in [3.05, 3.63) is 35.9 Å². The van der Waals surface area contributed by atoms with E-state index in [4.69, 9.17) is 0 Å². The summed E-state index contributed by atoms with van der Waals surface area (Å²) in [5.74, 6) is 0.347. The Balaban J connectivity index is 1.88. The topological polar surface area (TPSA) is 23.6 Å². The number of likely N-dealkylation sites (tertiary alicyclic amines) is 1. The smallest absolute Gasteiger partial charge is 0.225 e. The van der Waals surface area contributed by atoms with Gasteiger partial charge >= 0.3 is 0 Å². The summed E-state index contributed by atoms with van der Waals surface area (Å²) in [5, 5.41) is 0. The number of hydrogen-bond acceptors (Lipinski definition) is 2. The molecule has 0 saturated carbocycles. The quantitative estimate of drug-likeness (QED) is 0.830. The molecule has 1 saturated heterocycles. The highest BCUT2D eigenvalue weighted by molar-refractivity contribution is 5.78. The molecule has 3 nitrogen and oxygen atoms in total. The molecule has 104 valence electrons. The fourth-order valence-corrected chi connectivity index (χ4v) is 2.70. The van der Waals surface area contributed by atoms with E-state index >= 15 is 0 Å². The zero-order valence-electron chi connectivity index (χ0n) is 12.2. The van der Waals surface area contributed by atoms with Crippen LogP contribution in [0.25, 0.3) is 0 Å². The lowest BCUT2D eigenvalue weighted by molar-refractivity contribution is -0.135. The van der Waals surface area contributed by atoms with Crippen LogP contribution in [0.5, 0.6) is 0 Å². The van der Waals surface area contributed by atoms with Crippen molar-refractivity contribution in [3.63, 3.8) is 0 Å². The highest BCUT2D eigenvalue weighted by atomic mass is 16.2. The van der Waals surface area contributed by atoms with E-state index < -0.39 is 0 Å². The first-order valence-electron chi connectivity index (χ1n) is 7.11. The monoisotopic (exact) mass is 260 g/mol. The lowest BCUT2D eigenvalue weighted by Crippen LogP contribution is -2.41. The summed E-state index contributed by atoms with van der Waals surface area (Å²) in [6, 6.07) is 10.9. The first kappa shape index (κ1) is 14.1. The van der Waals surface area contributed by atoms with Crippen LogP contribution in [-0.2, 0) is 11.3 Å². The second-order valence-electron chi connectivity index (χ2n) is 5.77. The van der Waals surface area contributed by atoms with Gasteiger partial charge < -0.3 is 4.90 Å². The molecule has 1 aromatic rings. The Morgan fingerprint density at radius 1 is 1.37 bits per heavy atom. The predicted octanol–water partition coefficient (Wildman–Crippen LogP) is 2.38. The van der Waals surface area contributed by atoms with Crippen molar-refractivity contribution >= 4 is 5.91 Å². The van der Waals surface area contributed by atoms with Crippen molar-refractivity contribution in [2.75, 3.05) is 20.1 Å². The lowest BCUT2D eigenvalue weighted by atomic mass is 10.1. The molecule has 0 aliphatic carbocycles. The summed E-state index contributed by atoms with van der Waals surface area (Å²) in [7, 11) is 1.94. The second kappa shape index (κ2) is 6.20. The molecule has 0 radical (unpaired) electrons. The Hall–Kier alpha value is -1.35. The predicted molar refractivity (Wildman–Crippen MR) is 77.7 cm³/mol. The van der Waals surface area contributed by atoms with Gasteiger partial charge in [-0.25, -0.2) is 0 Å². The summed E-state index contributed by atoms with van der Waals surface area (Å²) in [6.07, 6.45) is 1.09. The van der Waals surface area contributed by atoms with Crippen molar-refractivity contribution in [1.82, 2.24) is 9.80 Å². The number of likely N-dealkylation sites (N-methyl/N-ethyl adjacent to an activating group) is 1. The van der Waals surface area contributed by atoms with Crippen molar-refractivity contribution in [2.45, 2.75) is 32.9 Å². The van der Waals surface area contributed by atoms with E-state index in [9.17, 15) is 4.79 Å². The fourth-order valence-electron chi connectivity index (χ4n) is 2.70. The van der Waals surface area contributed by atoms with Gasteiger partial charge in [0.2, 0.25) is 5.91 Å². The molecule has 0 unspecified atom stereocenters. The van der Waals surface area contributed by atoms with Crippen molar-refractivity contribution in [1.29, 1.82) is 0 Å². The molecule has 2 rings (SSSR count). The highest BCUT2D eigenvalue weighted by Crippen LogP contribution is 2.18. The fraction of sp³-hybridized carbons (Fsp3) is 0.562. The highest BCUT2D eigenvalue weighted by Gasteiger charge is 2.28. The zero-order valence-corrected chi connectivity index (χ0v) is 12.2. The first-order chi connectivity index (χ1) is 9.08. The van der Waals surface area contributed by atoms with Crippen molar-refractivity contribution in [3.8, 4) is 0 Å². The molecule has 3 heteroatoms. The average Bonchev–Trinajstić information content (AvgIpc) is 2.86. The summed E-state index contributed by atoms with van der Waals surface area (Å²) in [5.41, 5.74) is 1.35. The molecule has 0 aromatic heterocycles. The van der Waals surface area contributed by atoms with E-state index in [-0.39, 0.29) is 11.8 Å². The Kier molecular flexibility index (Phi) is 4.59. The van der Waals surface area contributed by atoms with Crippen LogP contribution in [0.1, 0.15) is 25.8 Å². The Morgan fingerprint density at radius 2 is 2.05 bits per heavy atom. The molecular weight excluding hydrogens is 236 g/mol. The van der Waals surface area contributed by atoms with E-state index in [2.05, 4.69) is 29.2 Å². The molecule has 0 spiro atoms. The van der Waals surface area contributed by atoms with Gasteiger partial charge in [0.1, 0.15) is 0 Å². The van der Waals surface area contributed by atoms with Gasteiger partial charge in [0.15, 0.2) is 0 Å². The maximum absolute atomic E-state index is 12.0. The van der Waals surface area contributed by atoms with Crippen LogP contribution in [0.4, 0.5) is 0 Å². The van der Waals surface area contributed by atoms with Crippen LogP contribution in [0.15, 0.2) is 30.3 Å². The number of amides is 1. The summed E-state index contributed by atoms with van der Waals surface area (Å²) in [4.78, 5) is 16.4. The van der Waals surface area contributed by atoms with Crippen LogP contribution in [0, 0.1) is 5.92 Å².